The smallest absolute Gasteiger partial charge is 0.282 e. The minimum Gasteiger partial charge on any atom is -0.488 e. The summed E-state index contributed by atoms with van der Waals surface area (Å²) in [5.41, 5.74) is 2.04. The maximum absolute atomic E-state index is 13.1. The van der Waals surface area contributed by atoms with Gasteiger partial charge in [0, 0.05) is 16.5 Å². The van der Waals surface area contributed by atoms with Gasteiger partial charge in [-0.15, -0.1) is 0 Å². The molecule has 0 spiro atoms. The van der Waals surface area contributed by atoms with Crippen LogP contribution in [0.2, 0.25) is 10.0 Å². The molecule has 0 aliphatic carbocycles. The van der Waals surface area contributed by atoms with E-state index in [1.165, 1.54) is 4.68 Å². The van der Waals surface area contributed by atoms with Gasteiger partial charge in [0.2, 0.25) is 0 Å². The third kappa shape index (κ3) is 4.88. The van der Waals surface area contributed by atoms with Crippen molar-refractivity contribution in [1.82, 2.24) is 9.66 Å². The Bertz CT molecular complexity index is 1390. The Morgan fingerprint density at radius 3 is 2.69 bits per heavy atom. The van der Waals surface area contributed by atoms with Crippen LogP contribution in [-0.4, -0.2) is 15.9 Å². The van der Waals surface area contributed by atoms with Crippen LogP contribution < -0.4 is 10.3 Å². The lowest BCUT2D eigenvalue weighted by molar-refractivity contribution is 0.306. The zero-order valence-electron chi connectivity index (χ0n) is 17.1. The lowest BCUT2D eigenvalue weighted by Gasteiger charge is -2.10. The fraction of sp³-hybridized carbons (Fsp3) is 0.125. The Hall–Kier alpha value is -2.67. The van der Waals surface area contributed by atoms with Crippen LogP contribution in [0.15, 0.2) is 75.0 Å². The van der Waals surface area contributed by atoms with Gasteiger partial charge in [0.05, 0.1) is 27.2 Å². The van der Waals surface area contributed by atoms with E-state index in [-0.39, 0.29) is 5.56 Å². The second kappa shape index (κ2) is 9.86. The number of hydrogen-bond donors (Lipinski definition) is 0. The largest absolute Gasteiger partial charge is 0.488 e. The Kier molecular flexibility index (Phi) is 6.94. The van der Waals surface area contributed by atoms with Crippen molar-refractivity contribution in [2.75, 3.05) is 0 Å². The van der Waals surface area contributed by atoms with E-state index in [9.17, 15) is 4.79 Å². The molecule has 4 aromatic rings. The molecule has 0 unspecified atom stereocenters. The second-order valence-corrected chi connectivity index (χ2v) is 8.71. The summed E-state index contributed by atoms with van der Waals surface area (Å²) in [5, 5.41) is 5.92. The zero-order valence-corrected chi connectivity index (χ0v) is 20.2. The highest BCUT2D eigenvalue weighted by Crippen LogP contribution is 2.24. The molecule has 0 aliphatic rings. The van der Waals surface area contributed by atoms with Crippen LogP contribution in [0.25, 0.3) is 10.9 Å². The molecule has 0 N–H and O–H groups in total. The molecular formula is C24H18BrCl2N3O2. The summed E-state index contributed by atoms with van der Waals surface area (Å²) in [5.74, 6) is 1.21. The first-order valence-corrected chi connectivity index (χ1v) is 11.4. The van der Waals surface area contributed by atoms with Gasteiger partial charge >= 0.3 is 0 Å². The maximum atomic E-state index is 13.1. The number of aryl methyl sites for hydroxylation is 1. The number of fused-ring (bicyclic) bond motifs is 1. The first-order valence-electron chi connectivity index (χ1n) is 9.87. The van der Waals surface area contributed by atoms with Crippen LogP contribution in [0.3, 0.4) is 0 Å². The number of nitrogens with zero attached hydrogens (tertiary/aromatic N) is 3. The monoisotopic (exact) mass is 529 g/mol. The van der Waals surface area contributed by atoms with Crippen molar-refractivity contribution in [3.63, 3.8) is 0 Å². The molecule has 0 fully saturated rings. The van der Waals surface area contributed by atoms with E-state index in [0.717, 1.165) is 15.6 Å². The van der Waals surface area contributed by atoms with Crippen molar-refractivity contribution < 1.29 is 4.74 Å². The summed E-state index contributed by atoms with van der Waals surface area (Å²) >= 11 is 15.5. The Labute approximate surface area is 203 Å². The van der Waals surface area contributed by atoms with Gasteiger partial charge in [0.25, 0.3) is 5.56 Å². The first kappa shape index (κ1) is 22.5. The van der Waals surface area contributed by atoms with Crippen molar-refractivity contribution in [3.05, 3.63) is 102 Å². The molecule has 1 heterocycles. The first-order chi connectivity index (χ1) is 15.5. The molecule has 0 radical (unpaired) electrons. The van der Waals surface area contributed by atoms with Gasteiger partial charge < -0.3 is 4.74 Å². The van der Waals surface area contributed by atoms with Crippen molar-refractivity contribution in [2.45, 2.75) is 20.0 Å². The van der Waals surface area contributed by atoms with E-state index in [1.54, 1.807) is 24.4 Å². The van der Waals surface area contributed by atoms with E-state index in [2.05, 4.69) is 26.0 Å². The highest BCUT2D eigenvalue weighted by molar-refractivity contribution is 9.10. The van der Waals surface area contributed by atoms with E-state index < -0.39 is 0 Å². The fourth-order valence-electron chi connectivity index (χ4n) is 3.17. The second-order valence-electron chi connectivity index (χ2n) is 6.98. The van der Waals surface area contributed by atoms with Crippen LogP contribution in [-0.2, 0) is 13.0 Å². The van der Waals surface area contributed by atoms with Gasteiger partial charge in [0.1, 0.15) is 18.2 Å². The predicted molar refractivity (Wildman–Crippen MR) is 133 cm³/mol. The zero-order chi connectivity index (χ0) is 22.7. The summed E-state index contributed by atoms with van der Waals surface area (Å²) in [6.45, 7) is 2.25. The van der Waals surface area contributed by atoms with Crippen LogP contribution in [0.5, 0.6) is 5.75 Å². The van der Waals surface area contributed by atoms with Gasteiger partial charge in [-0.2, -0.15) is 9.78 Å². The fourth-order valence-corrected chi connectivity index (χ4v) is 3.85. The highest BCUT2D eigenvalue weighted by Gasteiger charge is 2.10. The highest BCUT2D eigenvalue weighted by atomic mass is 79.9. The molecule has 0 amide bonds. The molecule has 4 rings (SSSR count). The molecule has 8 heteroatoms. The standard InChI is InChI=1S/C24H18BrCl2N3O2/c1-2-23-29-21-10-8-17(25)12-18(21)24(31)30(23)28-13-16-5-3-4-6-22(16)32-14-15-7-9-19(26)20(27)11-15/h3-13H,2,14H2,1H3. The summed E-state index contributed by atoms with van der Waals surface area (Å²) in [4.78, 5) is 17.7. The van der Waals surface area contributed by atoms with Crippen molar-refractivity contribution >= 4 is 56.2 Å². The number of para-hydroxylation sites is 1. The molecule has 162 valence electrons. The summed E-state index contributed by atoms with van der Waals surface area (Å²) in [6, 6.07) is 18.3. The lowest BCUT2D eigenvalue weighted by atomic mass is 10.2. The van der Waals surface area contributed by atoms with Gasteiger partial charge in [-0.05, 0) is 48.0 Å². The van der Waals surface area contributed by atoms with Gasteiger partial charge in [0.15, 0.2) is 0 Å². The quantitative estimate of drug-likeness (QED) is 0.268. The average molecular weight is 531 g/mol. The summed E-state index contributed by atoms with van der Waals surface area (Å²) < 4.78 is 8.12. The van der Waals surface area contributed by atoms with E-state index in [0.29, 0.717) is 45.5 Å². The normalized spacial score (nSPS) is 11.4. The molecule has 0 saturated heterocycles. The molecule has 0 saturated carbocycles. The predicted octanol–water partition coefficient (Wildman–Crippen LogP) is 6.49. The van der Waals surface area contributed by atoms with E-state index in [1.807, 2.05) is 49.4 Å². The van der Waals surface area contributed by atoms with Crippen molar-refractivity contribution in [1.29, 1.82) is 0 Å². The Morgan fingerprint density at radius 1 is 1.09 bits per heavy atom. The van der Waals surface area contributed by atoms with Crippen LogP contribution in [0.1, 0.15) is 23.9 Å². The number of aromatic nitrogens is 2. The molecule has 1 aromatic heterocycles. The molecule has 0 atom stereocenters. The topological polar surface area (TPSA) is 56.5 Å². The summed E-state index contributed by atoms with van der Waals surface area (Å²) in [6.07, 6.45) is 2.17. The molecule has 5 nitrogen and oxygen atoms in total. The average Bonchev–Trinajstić information content (AvgIpc) is 2.80. The number of hydrogen-bond acceptors (Lipinski definition) is 4. The third-order valence-electron chi connectivity index (χ3n) is 4.80. The van der Waals surface area contributed by atoms with E-state index in [4.69, 9.17) is 27.9 Å². The third-order valence-corrected chi connectivity index (χ3v) is 6.03. The van der Waals surface area contributed by atoms with Gasteiger partial charge in [-0.25, -0.2) is 4.98 Å². The molecule has 0 bridgehead atoms. The molecule has 32 heavy (non-hydrogen) atoms. The Balaban J connectivity index is 1.65. The van der Waals surface area contributed by atoms with Crippen LogP contribution in [0.4, 0.5) is 0 Å². The number of benzene rings is 3. The van der Waals surface area contributed by atoms with Gasteiger partial charge in [-0.1, -0.05) is 64.3 Å². The van der Waals surface area contributed by atoms with Crippen LogP contribution >= 0.6 is 39.1 Å². The van der Waals surface area contributed by atoms with E-state index >= 15 is 0 Å². The number of ether oxygens (including phenoxy) is 1. The maximum Gasteiger partial charge on any atom is 0.282 e. The molecule has 3 aromatic carbocycles. The Morgan fingerprint density at radius 2 is 1.91 bits per heavy atom. The van der Waals surface area contributed by atoms with Crippen molar-refractivity contribution in [2.24, 2.45) is 5.10 Å². The molecule has 0 aliphatic heterocycles. The van der Waals surface area contributed by atoms with Crippen LogP contribution in [0, 0.1) is 0 Å². The lowest BCUT2D eigenvalue weighted by Crippen LogP contribution is -2.22. The van der Waals surface area contributed by atoms with Crippen molar-refractivity contribution in [3.8, 4) is 5.75 Å². The molecular weight excluding hydrogens is 513 g/mol. The minimum atomic E-state index is -0.224. The SMILES string of the molecule is CCc1nc2ccc(Br)cc2c(=O)n1N=Cc1ccccc1OCc1ccc(Cl)c(Cl)c1. The summed E-state index contributed by atoms with van der Waals surface area (Å²) in [7, 11) is 0. The number of rotatable bonds is 6. The minimum absolute atomic E-state index is 0.224. The number of halogens is 3. The van der Waals surface area contributed by atoms with Gasteiger partial charge in [-0.3, -0.25) is 4.79 Å².